The maximum absolute atomic E-state index is 2.38. The van der Waals surface area contributed by atoms with Gasteiger partial charge in [0, 0.05) is 12.7 Å². The molecule has 0 saturated carbocycles. The number of hydrogen-bond donors (Lipinski definition) is 0. The second-order valence-electron chi connectivity index (χ2n) is 2.60. The molecule has 0 spiro atoms. The third-order valence-electron chi connectivity index (χ3n) is 1.66. The Hall–Kier alpha value is -0.110. The summed E-state index contributed by atoms with van der Waals surface area (Å²) >= 11 is 1.89. The van der Waals surface area contributed by atoms with Gasteiger partial charge in [-0.25, -0.2) is 0 Å². The van der Waals surface area contributed by atoms with E-state index in [2.05, 4.69) is 23.4 Å². The fraction of sp³-hybridized carbons (Fsp3) is 0.750. The monoisotopic (exact) mass is 157 g/mol. The maximum Gasteiger partial charge on any atom is 0.0675 e. The third kappa shape index (κ3) is 2.65. The standard InChI is InChI=1S/C8H15NS/c1-2-3-4-5-9-6-7-10-8-9/h6-7H,2-5,8H2,1H3. The minimum atomic E-state index is 1.17. The molecule has 0 aromatic carbocycles. The predicted octanol–water partition coefficient (Wildman–Crippen LogP) is 2.65. The highest BCUT2D eigenvalue weighted by molar-refractivity contribution is 8.02. The minimum absolute atomic E-state index is 1.17. The average Bonchev–Trinajstić information content (AvgIpc) is 2.41. The Balaban J connectivity index is 1.97. The molecule has 2 heteroatoms. The highest BCUT2D eigenvalue weighted by Crippen LogP contribution is 2.15. The molecule has 1 nitrogen and oxygen atoms in total. The van der Waals surface area contributed by atoms with Crippen LogP contribution in [0.2, 0.25) is 0 Å². The van der Waals surface area contributed by atoms with Gasteiger partial charge in [-0.1, -0.05) is 19.8 Å². The van der Waals surface area contributed by atoms with Crippen molar-refractivity contribution < 1.29 is 0 Å². The number of hydrogen-bond acceptors (Lipinski definition) is 2. The van der Waals surface area contributed by atoms with Gasteiger partial charge in [-0.15, -0.1) is 11.8 Å². The first-order valence-electron chi connectivity index (χ1n) is 3.96. The first-order chi connectivity index (χ1) is 4.93. The van der Waals surface area contributed by atoms with Crippen molar-refractivity contribution in [1.82, 2.24) is 4.90 Å². The van der Waals surface area contributed by atoms with Crippen molar-refractivity contribution in [2.75, 3.05) is 12.4 Å². The zero-order valence-electron chi connectivity index (χ0n) is 6.55. The van der Waals surface area contributed by atoms with E-state index in [4.69, 9.17) is 0 Å². The van der Waals surface area contributed by atoms with Crippen LogP contribution in [-0.2, 0) is 0 Å². The predicted molar refractivity (Wildman–Crippen MR) is 47.8 cm³/mol. The van der Waals surface area contributed by atoms with Crippen LogP contribution in [0.1, 0.15) is 26.2 Å². The molecule has 1 rings (SSSR count). The Kier molecular flexibility index (Phi) is 3.73. The van der Waals surface area contributed by atoms with E-state index in [0.29, 0.717) is 0 Å². The molecule has 0 fully saturated rings. The van der Waals surface area contributed by atoms with Gasteiger partial charge < -0.3 is 4.90 Å². The molecule has 1 aliphatic heterocycles. The van der Waals surface area contributed by atoms with E-state index in [-0.39, 0.29) is 0 Å². The van der Waals surface area contributed by atoms with Crippen LogP contribution in [0.15, 0.2) is 11.6 Å². The van der Waals surface area contributed by atoms with E-state index in [0.717, 1.165) is 0 Å². The van der Waals surface area contributed by atoms with Crippen molar-refractivity contribution in [3.8, 4) is 0 Å². The molecule has 58 valence electrons. The van der Waals surface area contributed by atoms with Crippen LogP contribution in [0.25, 0.3) is 0 Å². The lowest BCUT2D eigenvalue weighted by Gasteiger charge is -2.13. The van der Waals surface area contributed by atoms with Crippen molar-refractivity contribution in [3.63, 3.8) is 0 Å². The largest absolute Gasteiger partial charge is 0.367 e. The highest BCUT2D eigenvalue weighted by Gasteiger charge is 2.01. The fourth-order valence-corrected chi connectivity index (χ4v) is 1.77. The van der Waals surface area contributed by atoms with E-state index in [9.17, 15) is 0 Å². The summed E-state index contributed by atoms with van der Waals surface area (Å²) in [6, 6.07) is 0. The molecule has 0 radical (unpaired) electrons. The lowest BCUT2D eigenvalue weighted by Crippen LogP contribution is -2.14. The van der Waals surface area contributed by atoms with Crippen LogP contribution in [0.3, 0.4) is 0 Å². The van der Waals surface area contributed by atoms with Gasteiger partial charge in [-0.05, 0) is 11.8 Å². The molecular formula is C8H15NS. The number of nitrogens with zero attached hydrogens (tertiary/aromatic N) is 1. The summed E-state index contributed by atoms with van der Waals surface area (Å²) in [6.07, 6.45) is 6.24. The Labute approximate surface area is 67.5 Å². The van der Waals surface area contributed by atoms with Gasteiger partial charge in [-0.3, -0.25) is 0 Å². The second kappa shape index (κ2) is 4.67. The van der Waals surface area contributed by atoms with Crippen LogP contribution >= 0.6 is 11.8 Å². The zero-order chi connectivity index (χ0) is 7.23. The van der Waals surface area contributed by atoms with Crippen molar-refractivity contribution in [2.45, 2.75) is 26.2 Å². The van der Waals surface area contributed by atoms with Crippen LogP contribution < -0.4 is 0 Å². The summed E-state index contributed by atoms with van der Waals surface area (Å²) in [5.74, 6) is 1.17. The van der Waals surface area contributed by atoms with Crippen molar-refractivity contribution in [3.05, 3.63) is 11.6 Å². The topological polar surface area (TPSA) is 3.24 Å². The van der Waals surface area contributed by atoms with E-state index in [1.807, 2.05) is 11.8 Å². The van der Waals surface area contributed by atoms with Crippen LogP contribution in [0.4, 0.5) is 0 Å². The third-order valence-corrected chi connectivity index (χ3v) is 2.45. The summed E-state index contributed by atoms with van der Waals surface area (Å²) in [7, 11) is 0. The molecule has 0 atom stereocenters. The fourth-order valence-electron chi connectivity index (χ4n) is 1.01. The molecule has 0 aromatic rings. The molecule has 0 aromatic heterocycles. The molecule has 0 unspecified atom stereocenters. The average molecular weight is 157 g/mol. The molecule has 0 amide bonds. The van der Waals surface area contributed by atoms with Gasteiger partial charge >= 0.3 is 0 Å². The zero-order valence-corrected chi connectivity index (χ0v) is 7.36. The minimum Gasteiger partial charge on any atom is -0.367 e. The Bertz CT molecular complexity index is 112. The summed E-state index contributed by atoms with van der Waals surface area (Å²) in [5, 5.41) is 2.17. The van der Waals surface area contributed by atoms with Gasteiger partial charge in [0.15, 0.2) is 0 Å². The van der Waals surface area contributed by atoms with Crippen molar-refractivity contribution in [1.29, 1.82) is 0 Å². The molecule has 1 aliphatic rings. The summed E-state index contributed by atoms with van der Waals surface area (Å²) in [4.78, 5) is 2.38. The van der Waals surface area contributed by atoms with Crippen LogP contribution in [0, 0.1) is 0 Å². The van der Waals surface area contributed by atoms with Gasteiger partial charge in [0.2, 0.25) is 0 Å². The summed E-state index contributed by atoms with van der Waals surface area (Å²) in [5.41, 5.74) is 0. The molecular weight excluding hydrogens is 142 g/mol. The Morgan fingerprint density at radius 3 is 3.00 bits per heavy atom. The second-order valence-corrected chi connectivity index (χ2v) is 3.46. The highest BCUT2D eigenvalue weighted by atomic mass is 32.2. The maximum atomic E-state index is 2.38. The molecule has 0 saturated heterocycles. The van der Waals surface area contributed by atoms with Crippen LogP contribution in [-0.4, -0.2) is 17.3 Å². The van der Waals surface area contributed by atoms with E-state index in [1.165, 1.54) is 31.7 Å². The molecule has 0 N–H and O–H groups in total. The van der Waals surface area contributed by atoms with E-state index >= 15 is 0 Å². The number of rotatable bonds is 4. The van der Waals surface area contributed by atoms with Gasteiger partial charge in [0.05, 0.1) is 5.88 Å². The van der Waals surface area contributed by atoms with E-state index in [1.54, 1.807) is 0 Å². The molecule has 0 aliphatic carbocycles. The lowest BCUT2D eigenvalue weighted by atomic mass is 10.2. The Morgan fingerprint density at radius 1 is 1.50 bits per heavy atom. The first-order valence-corrected chi connectivity index (χ1v) is 5.00. The summed E-state index contributed by atoms with van der Waals surface area (Å²) in [6.45, 7) is 3.49. The molecule has 10 heavy (non-hydrogen) atoms. The van der Waals surface area contributed by atoms with E-state index < -0.39 is 0 Å². The quantitative estimate of drug-likeness (QED) is 0.577. The lowest BCUT2D eigenvalue weighted by molar-refractivity contribution is 0.427. The van der Waals surface area contributed by atoms with Gasteiger partial charge in [-0.2, -0.15) is 0 Å². The molecule has 0 bridgehead atoms. The van der Waals surface area contributed by atoms with Gasteiger partial charge in [0.1, 0.15) is 0 Å². The number of thioether (sulfide) groups is 1. The smallest absolute Gasteiger partial charge is 0.0675 e. The van der Waals surface area contributed by atoms with Crippen LogP contribution in [0.5, 0.6) is 0 Å². The molecule has 1 heterocycles. The normalized spacial score (nSPS) is 16.7. The van der Waals surface area contributed by atoms with Gasteiger partial charge in [0.25, 0.3) is 0 Å². The SMILES string of the molecule is CCCCCN1C=CSC1. The summed E-state index contributed by atoms with van der Waals surface area (Å²) < 4.78 is 0. The van der Waals surface area contributed by atoms with Crippen molar-refractivity contribution in [2.24, 2.45) is 0 Å². The Morgan fingerprint density at radius 2 is 2.40 bits per heavy atom. The first kappa shape index (κ1) is 7.99. The van der Waals surface area contributed by atoms with Crippen molar-refractivity contribution >= 4 is 11.8 Å². The number of unbranched alkanes of at least 4 members (excludes halogenated alkanes) is 2.